The van der Waals surface area contributed by atoms with Crippen molar-refractivity contribution in [2.24, 2.45) is 0 Å². The molecule has 2 nitrogen and oxygen atoms in total. The first-order valence-corrected chi connectivity index (χ1v) is 5.46. The smallest absolute Gasteiger partial charge is 0.106 e. The van der Waals surface area contributed by atoms with Gasteiger partial charge in [0.2, 0.25) is 0 Å². The lowest BCUT2D eigenvalue weighted by Crippen LogP contribution is -2.15. The molecule has 0 saturated heterocycles. The molecule has 13 heavy (non-hydrogen) atoms. The molecule has 0 unspecified atom stereocenters. The molecule has 2 rings (SSSR count). The highest BCUT2D eigenvalue weighted by atomic mass is 32.1. The third kappa shape index (κ3) is 1.40. The maximum Gasteiger partial charge on any atom is 0.106 e. The second kappa shape index (κ2) is 2.79. The predicted molar refractivity (Wildman–Crippen MR) is 54.0 cm³/mol. The van der Waals surface area contributed by atoms with Gasteiger partial charge in [0.25, 0.3) is 0 Å². The summed E-state index contributed by atoms with van der Waals surface area (Å²) in [6.07, 6.45) is 0. The number of ether oxygens (including phenoxy) is 1. The Morgan fingerprint density at radius 1 is 1.46 bits per heavy atom. The topological polar surface area (TPSA) is 22.1 Å². The minimum atomic E-state index is -0.168. The van der Waals surface area contributed by atoms with Crippen LogP contribution in [-0.4, -0.2) is 4.98 Å². The van der Waals surface area contributed by atoms with Gasteiger partial charge in [0.1, 0.15) is 5.60 Å². The first-order valence-electron chi connectivity index (χ1n) is 4.65. The summed E-state index contributed by atoms with van der Waals surface area (Å²) >= 11 is 1.80. The molecule has 0 aromatic carbocycles. The van der Waals surface area contributed by atoms with Crippen LogP contribution in [0.25, 0.3) is 0 Å². The van der Waals surface area contributed by atoms with Gasteiger partial charge in [0, 0.05) is 5.92 Å². The molecule has 0 fully saturated rings. The lowest BCUT2D eigenvalue weighted by molar-refractivity contribution is -0.0100. The lowest BCUT2D eigenvalue weighted by atomic mass is 10.1. The minimum Gasteiger partial charge on any atom is -0.364 e. The minimum absolute atomic E-state index is 0.168. The van der Waals surface area contributed by atoms with E-state index in [2.05, 4.69) is 32.7 Å². The zero-order valence-electron chi connectivity index (χ0n) is 8.55. The molecule has 0 spiro atoms. The molecule has 0 aliphatic carbocycles. The Labute approximate surface area is 83.0 Å². The van der Waals surface area contributed by atoms with Crippen LogP contribution in [-0.2, 0) is 16.9 Å². The zero-order chi connectivity index (χ0) is 9.64. The van der Waals surface area contributed by atoms with E-state index in [1.807, 2.05) is 0 Å². The molecule has 0 saturated carbocycles. The Kier molecular flexibility index (Phi) is 1.96. The van der Waals surface area contributed by atoms with Gasteiger partial charge >= 0.3 is 0 Å². The van der Waals surface area contributed by atoms with Gasteiger partial charge in [-0.05, 0) is 13.8 Å². The Bertz CT molecular complexity index is 328. The quantitative estimate of drug-likeness (QED) is 0.690. The molecule has 0 N–H and O–H groups in total. The first-order chi connectivity index (χ1) is 6.00. The molecule has 0 radical (unpaired) electrons. The van der Waals surface area contributed by atoms with Crippen LogP contribution in [0.5, 0.6) is 0 Å². The van der Waals surface area contributed by atoms with Gasteiger partial charge < -0.3 is 4.74 Å². The van der Waals surface area contributed by atoms with Crippen LogP contribution >= 0.6 is 11.3 Å². The third-order valence-electron chi connectivity index (χ3n) is 2.34. The van der Waals surface area contributed by atoms with Gasteiger partial charge in [-0.15, -0.1) is 11.3 Å². The number of hydrogen-bond acceptors (Lipinski definition) is 3. The average molecular weight is 197 g/mol. The molecule has 3 heteroatoms. The second-order valence-electron chi connectivity index (χ2n) is 4.28. The van der Waals surface area contributed by atoms with Gasteiger partial charge in [0.05, 0.1) is 22.2 Å². The van der Waals surface area contributed by atoms with Crippen molar-refractivity contribution >= 4 is 11.3 Å². The zero-order valence-corrected chi connectivity index (χ0v) is 9.36. The van der Waals surface area contributed by atoms with Crippen molar-refractivity contribution in [2.45, 2.75) is 45.8 Å². The number of rotatable bonds is 1. The Morgan fingerprint density at radius 3 is 2.69 bits per heavy atom. The number of thiazole rings is 1. The summed E-state index contributed by atoms with van der Waals surface area (Å²) in [4.78, 5) is 5.95. The molecular weight excluding hydrogens is 182 g/mol. The van der Waals surface area contributed by atoms with Crippen molar-refractivity contribution in [3.63, 3.8) is 0 Å². The standard InChI is InChI=1S/C10H15NOS/c1-6(2)9-11-8-7(13-9)5-12-10(8,3)4/h6H,5H2,1-4H3. The maximum atomic E-state index is 5.63. The molecule has 2 heterocycles. The fraction of sp³-hybridized carbons (Fsp3) is 0.700. The van der Waals surface area contributed by atoms with Crippen molar-refractivity contribution < 1.29 is 4.74 Å². The van der Waals surface area contributed by atoms with Crippen LogP contribution in [0.1, 0.15) is 49.2 Å². The van der Waals surface area contributed by atoms with Gasteiger partial charge in [-0.2, -0.15) is 0 Å². The van der Waals surface area contributed by atoms with E-state index in [1.54, 1.807) is 11.3 Å². The van der Waals surface area contributed by atoms with Gasteiger partial charge in [0.15, 0.2) is 0 Å². The molecule has 1 aromatic heterocycles. The van der Waals surface area contributed by atoms with Crippen LogP contribution in [0.3, 0.4) is 0 Å². The van der Waals surface area contributed by atoms with E-state index in [9.17, 15) is 0 Å². The van der Waals surface area contributed by atoms with Crippen molar-refractivity contribution in [3.8, 4) is 0 Å². The highest BCUT2D eigenvalue weighted by Crippen LogP contribution is 2.39. The normalized spacial score (nSPS) is 19.5. The molecule has 72 valence electrons. The van der Waals surface area contributed by atoms with Crippen LogP contribution in [0.2, 0.25) is 0 Å². The SMILES string of the molecule is CC(C)c1nc2c(s1)COC2(C)C. The fourth-order valence-electron chi connectivity index (χ4n) is 1.50. The summed E-state index contributed by atoms with van der Waals surface area (Å²) in [6.45, 7) is 9.28. The fourth-order valence-corrected chi connectivity index (χ4v) is 2.63. The first kappa shape index (κ1) is 9.16. The van der Waals surface area contributed by atoms with Crippen molar-refractivity contribution in [2.75, 3.05) is 0 Å². The largest absolute Gasteiger partial charge is 0.364 e. The van der Waals surface area contributed by atoms with E-state index < -0.39 is 0 Å². The molecule has 1 aliphatic heterocycles. The van der Waals surface area contributed by atoms with E-state index in [0.717, 1.165) is 12.3 Å². The molecule has 1 aliphatic rings. The van der Waals surface area contributed by atoms with Crippen LogP contribution < -0.4 is 0 Å². The Morgan fingerprint density at radius 2 is 2.15 bits per heavy atom. The van der Waals surface area contributed by atoms with Crippen LogP contribution in [0, 0.1) is 0 Å². The average Bonchev–Trinajstić information content (AvgIpc) is 2.53. The van der Waals surface area contributed by atoms with Crippen LogP contribution in [0.15, 0.2) is 0 Å². The predicted octanol–water partition coefficient (Wildman–Crippen LogP) is 3.03. The molecule has 1 aromatic rings. The Hall–Kier alpha value is -0.410. The highest BCUT2D eigenvalue weighted by molar-refractivity contribution is 7.11. The number of fused-ring (bicyclic) bond motifs is 1. The summed E-state index contributed by atoms with van der Waals surface area (Å²) in [6, 6.07) is 0. The second-order valence-corrected chi connectivity index (χ2v) is 5.39. The summed E-state index contributed by atoms with van der Waals surface area (Å²) in [7, 11) is 0. The molecule has 0 atom stereocenters. The van der Waals surface area contributed by atoms with Crippen LogP contribution in [0.4, 0.5) is 0 Å². The van der Waals surface area contributed by atoms with Gasteiger partial charge in [-0.3, -0.25) is 0 Å². The molecule has 0 bridgehead atoms. The highest BCUT2D eigenvalue weighted by Gasteiger charge is 2.35. The van der Waals surface area contributed by atoms with Gasteiger partial charge in [-0.25, -0.2) is 4.98 Å². The monoisotopic (exact) mass is 197 g/mol. The lowest BCUT2D eigenvalue weighted by Gasteiger charge is -2.16. The number of aromatic nitrogens is 1. The summed E-state index contributed by atoms with van der Waals surface area (Å²) in [5.41, 5.74) is 0.986. The third-order valence-corrected chi connectivity index (χ3v) is 3.67. The molecule has 0 amide bonds. The maximum absolute atomic E-state index is 5.63. The van der Waals surface area contributed by atoms with E-state index in [4.69, 9.17) is 4.74 Å². The van der Waals surface area contributed by atoms with E-state index >= 15 is 0 Å². The summed E-state index contributed by atoms with van der Waals surface area (Å²) < 4.78 is 5.63. The number of hydrogen-bond donors (Lipinski definition) is 0. The van der Waals surface area contributed by atoms with E-state index in [-0.39, 0.29) is 5.60 Å². The van der Waals surface area contributed by atoms with Crippen molar-refractivity contribution in [1.82, 2.24) is 4.98 Å². The summed E-state index contributed by atoms with van der Waals surface area (Å²) in [5, 5.41) is 1.24. The summed E-state index contributed by atoms with van der Waals surface area (Å²) in [5.74, 6) is 0.534. The van der Waals surface area contributed by atoms with Gasteiger partial charge in [-0.1, -0.05) is 13.8 Å². The van der Waals surface area contributed by atoms with E-state index in [1.165, 1.54) is 9.88 Å². The molecular formula is C10H15NOS. The number of nitrogens with zero attached hydrogens (tertiary/aromatic N) is 1. The Balaban J connectivity index is 2.42. The van der Waals surface area contributed by atoms with Crippen molar-refractivity contribution in [1.29, 1.82) is 0 Å². The van der Waals surface area contributed by atoms with Crippen molar-refractivity contribution in [3.05, 3.63) is 15.6 Å². The van der Waals surface area contributed by atoms with E-state index in [0.29, 0.717) is 5.92 Å².